The summed E-state index contributed by atoms with van der Waals surface area (Å²) in [6.45, 7) is 3.40. The van der Waals surface area contributed by atoms with E-state index in [9.17, 15) is 19.2 Å². The molecule has 2 heterocycles. The van der Waals surface area contributed by atoms with E-state index < -0.39 is 0 Å². The van der Waals surface area contributed by atoms with Crippen LogP contribution < -0.4 is 0 Å². The fourth-order valence-corrected chi connectivity index (χ4v) is 1.65. The van der Waals surface area contributed by atoms with E-state index >= 15 is 0 Å². The van der Waals surface area contributed by atoms with Crippen molar-refractivity contribution in [3.05, 3.63) is 11.6 Å². The SMILES string of the molecule is CC1=CC(=O)N(C)C1=O.CC1CC(=O)N(C)C1=O. The number of likely N-dealkylation sites (N-methyl/N-ethyl adjacent to an activating group) is 1. The lowest BCUT2D eigenvalue weighted by atomic mass is 10.1. The second-order valence-electron chi connectivity index (χ2n) is 4.43. The number of hydrogen-bond donors (Lipinski definition) is 0. The van der Waals surface area contributed by atoms with Crippen molar-refractivity contribution in [3.63, 3.8) is 0 Å². The molecule has 4 amide bonds. The fourth-order valence-electron chi connectivity index (χ4n) is 1.65. The number of hydrogen-bond acceptors (Lipinski definition) is 4. The van der Waals surface area contributed by atoms with Gasteiger partial charge in [0.2, 0.25) is 11.8 Å². The summed E-state index contributed by atoms with van der Waals surface area (Å²) < 4.78 is 0. The molecule has 0 aromatic heterocycles. The number of likely N-dealkylation sites (tertiary alicyclic amines) is 1. The summed E-state index contributed by atoms with van der Waals surface area (Å²) in [4.78, 5) is 45.2. The quantitative estimate of drug-likeness (QED) is 0.566. The molecule has 1 saturated heterocycles. The fraction of sp³-hybridized carbons (Fsp3) is 0.500. The Kier molecular flexibility index (Phi) is 4.00. The molecule has 6 heteroatoms. The molecule has 0 radical (unpaired) electrons. The average Bonchev–Trinajstić information content (AvgIpc) is 2.66. The van der Waals surface area contributed by atoms with Gasteiger partial charge in [-0.2, -0.15) is 0 Å². The van der Waals surface area contributed by atoms with Crippen LogP contribution in [0.3, 0.4) is 0 Å². The zero-order valence-corrected chi connectivity index (χ0v) is 10.9. The highest BCUT2D eigenvalue weighted by atomic mass is 16.2. The molecule has 0 aromatic carbocycles. The van der Waals surface area contributed by atoms with Crippen LogP contribution in [0.15, 0.2) is 11.6 Å². The van der Waals surface area contributed by atoms with Crippen LogP contribution in [0.4, 0.5) is 0 Å². The number of carbonyl (C=O) groups is 4. The highest BCUT2D eigenvalue weighted by molar-refractivity contribution is 6.15. The second-order valence-corrected chi connectivity index (χ2v) is 4.43. The van der Waals surface area contributed by atoms with E-state index in [1.807, 2.05) is 0 Å². The van der Waals surface area contributed by atoms with Crippen LogP contribution in [-0.4, -0.2) is 47.5 Å². The van der Waals surface area contributed by atoms with Gasteiger partial charge in [0.25, 0.3) is 11.8 Å². The third kappa shape index (κ3) is 2.64. The Balaban J connectivity index is 0.000000180. The highest BCUT2D eigenvalue weighted by Gasteiger charge is 2.32. The number of nitrogens with zero attached hydrogens (tertiary/aromatic N) is 2. The molecule has 0 bridgehead atoms. The lowest BCUT2D eigenvalue weighted by molar-refractivity contribution is -0.138. The molecule has 18 heavy (non-hydrogen) atoms. The number of imide groups is 2. The van der Waals surface area contributed by atoms with Crippen molar-refractivity contribution in [2.45, 2.75) is 20.3 Å². The molecule has 2 aliphatic rings. The standard InChI is InChI=1S/C6H9NO2.C6H7NO2/c2*1-4-3-5(8)7(2)6(4)9/h4H,3H2,1-2H3;3H,1-2H3. The van der Waals surface area contributed by atoms with Gasteiger partial charge in [-0.25, -0.2) is 0 Å². The van der Waals surface area contributed by atoms with Crippen LogP contribution >= 0.6 is 0 Å². The normalized spacial score (nSPS) is 23.3. The molecule has 0 aromatic rings. The summed E-state index contributed by atoms with van der Waals surface area (Å²) >= 11 is 0. The van der Waals surface area contributed by atoms with Gasteiger partial charge in [-0.05, 0) is 6.92 Å². The van der Waals surface area contributed by atoms with Gasteiger partial charge in [0, 0.05) is 38.1 Å². The molecule has 98 valence electrons. The topological polar surface area (TPSA) is 74.8 Å². The Bertz CT molecular complexity index is 453. The van der Waals surface area contributed by atoms with Gasteiger partial charge in [-0.3, -0.25) is 29.0 Å². The Morgan fingerprint density at radius 3 is 1.78 bits per heavy atom. The first kappa shape index (κ1) is 14.1. The molecular formula is C12H16N2O4. The Labute approximate surface area is 105 Å². The minimum absolute atomic E-state index is 0.0556. The number of amides is 4. The average molecular weight is 252 g/mol. The van der Waals surface area contributed by atoms with E-state index in [0.29, 0.717) is 12.0 Å². The van der Waals surface area contributed by atoms with E-state index in [1.165, 1.54) is 25.1 Å². The molecule has 0 aliphatic carbocycles. The minimum Gasteiger partial charge on any atom is -0.286 e. The molecule has 0 N–H and O–H groups in total. The zero-order valence-electron chi connectivity index (χ0n) is 10.9. The lowest BCUT2D eigenvalue weighted by Crippen LogP contribution is -2.25. The first-order valence-electron chi connectivity index (χ1n) is 5.56. The smallest absolute Gasteiger partial charge is 0.256 e. The molecule has 0 saturated carbocycles. The molecule has 1 fully saturated rings. The maximum atomic E-state index is 10.8. The van der Waals surface area contributed by atoms with E-state index in [4.69, 9.17) is 0 Å². The van der Waals surface area contributed by atoms with Gasteiger partial charge >= 0.3 is 0 Å². The minimum atomic E-state index is -0.225. The van der Waals surface area contributed by atoms with Gasteiger partial charge in [0.1, 0.15) is 0 Å². The first-order valence-corrected chi connectivity index (χ1v) is 5.56. The predicted molar refractivity (Wildman–Crippen MR) is 63.1 cm³/mol. The summed E-state index contributed by atoms with van der Waals surface area (Å²) in [5.41, 5.74) is 0.516. The molecule has 1 atom stereocenters. The highest BCUT2D eigenvalue weighted by Crippen LogP contribution is 2.15. The Morgan fingerprint density at radius 1 is 1.11 bits per heavy atom. The largest absolute Gasteiger partial charge is 0.286 e. The van der Waals surface area contributed by atoms with Crippen molar-refractivity contribution in [2.24, 2.45) is 5.92 Å². The Hall–Kier alpha value is -1.98. The maximum Gasteiger partial charge on any atom is 0.256 e. The van der Waals surface area contributed by atoms with Gasteiger partial charge < -0.3 is 0 Å². The number of carbonyl (C=O) groups excluding carboxylic acids is 4. The lowest BCUT2D eigenvalue weighted by Gasteiger charge is -2.03. The summed E-state index contributed by atoms with van der Waals surface area (Å²) in [6.07, 6.45) is 1.72. The molecule has 2 rings (SSSR count). The van der Waals surface area contributed by atoms with Crippen LogP contribution in [0, 0.1) is 5.92 Å². The zero-order chi connectivity index (χ0) is 14.0. The molecular weight excluding hydrogens is 236 g/mol. The monoisotopic (exact) mass is 252 g/mol. The second kappa shape index (κ2) is 5.12. The summed E-state index contributed by atoms with van der Waals surface area (Å²) in [7, 11) is 2.99. The van der Waals surface area contributed by atoms with Gasteiger partial charge in [-0.15, -0.1) is 0 Å². The van der Waals surface area contributed by atoms with Gasteiger partial charge in [0.05, 0.1) is 0 Å². The van der Waals surface area contributed by atoms with Crippen LogP contribution in [0.5, 0.6) is 0 Å². The van der Waals surface area contributed by atoms with Crippen LogP contribution in [0.1, 0.15) is 20.3 Å². The van der Waals surface area contributed by atoms with Crippen LogP contribution in [-0.2, 0) is 19.2 Å². The van der Waals surface area contributed by atoms with Crippen molar-refractivity contribution in [1.82, 2.24) is 9.80 Å². The van der Waals surface area contributed by atoms with E-state index in [-0.39, 0.29) is 29.5 Å². The summed E-state index contributed by atoms with van der Waals surface area (Å²) in [6, 6.07) is 0. The van der Waals surface area contributed by atoms with Crippen LogP contribution in [0.25, 0.3) is 0 Å². The Morgan fingerprint density at radius 2 is 1.67 bits per heavy atom. The predicted octanol–water partition coefficient (Wildman–Crippen LogP) is -0.0575. The number of rotatable bonds is 0. The molecule has 2 aliphatic heterocycles. The van der Waals surface area contributed by atoms with E-state index in [0.717, 1.165) is 4.90 Å². The van der Waals surface area contributed by atoms with E-state index in [2.05, 4.69) is 0 Å². The molecule has 6 nitrogen and oxygen atoms in total. The van der Waals surface area contributed by atoms with Crippen molar-refractivity contribution in [1.29, 1.82) is 0 Å². The van der Waals surface area contributed by atoms with Crippen molar-refractivity contribution in [2.75, 3.05) is 14.1 Å². The first-order chi connectivity index (χ1) is 8.25. The summed E-state index contributed by atoms with van der Waals surface area (Å²) in [5.74, 6) is -0.632. The van der Waals surface area contributed by atoms with Crippen LogP contribution in [0.2, 0.25) is 0 Å². The molecule has 0 spiro atoms. The third-order valence-corrected chi connectivity index (χ3v) is 2.92. The molecule has 1 unspecified atom stereocenters. The third-order valence-electron chi connectivity index (χ3n) is 2.92. The maximum absolute atomic E-state index is 10.8. The van der Waals surface area contributed by atoms with Crippen molar-refractivity contribution in [3.8, 4) is 0 Å². The van der Waals surface area contributed by atoms with E-state index in [1.54, 1.807) is 13.8 Å². The van der Waals surface area contributed by atoms with Crippen molar-refractivity contribution < 1.29 is 19.2 Å². The summed E-state index contributed by atoms with van der Waals surface area (Å²) in [5, 5.41) is 0. The van der Waals surface area contributed by atoms with Gasteiger partial charge in [0.15, 0.2) is 0 Å². The van der Waals surface area contributed by atoms with Gasteiger partial charge in [-0.1, -0.05) is 6.92 Å². The van der Waals surface area contributed by atoms with Crippen molar-refractivity contribution >= 4 is 23.6 Å².